The number of anilines is 1. The SMILES string of the molecule is CC.CC.Cc1cccc(N)c1. The molecule has 0 fully saturated rings. The van der Waals surface area contributed by atoms with E-state index in [1.807, 2.05) is 58.9 Å². The number of rotatable bonds is 0. The molecule has 0 aliphatic rings. The third-order valence-electron chi connectivity index (χ3n) is 1.04. The van der Waals surface area contributed by atoms with E-state index in [4.69, 9.17) is 5.73 Å². The van der Waals surface area contributed by atoms with Crippen molar-refractivity contribution in [3.63, 3.8) is 0 Å². The average molecular weight is 167 g/mol. The van der Waals surface area contributed by atoms with Crippen molar-refractivity contribution < 1.29 is 0 Å². The summed E-state index contributed by atoms with van der Waals surface area (Å²) in [5.41, 5.74) is 7.51. The number of hydrogen-bond acceptors (Lipinski definition) is 1. The smallest absolute Gasteiger partial charge is 0.0316 e. The highest BCUT2D eigenvalue weighted by atomic mass is 14.5. The molecule has 0 heterocycles. The Bertz CT molecular complexity index is 165. The molecule has 1 aromatic carbocycles. The molecule has 0 bridgehead atoms. The van der Waals surface area contributed by atoms with Gasteiger partial charge in [0.05, 0.1) is 0 Å². The summed E-state index contributed by atoms with van der Waals surface area (Å²) in [7, 11) is 0. The van der Waals surface area contributed by atoms with Gasteiger partial charge in [-0.3, -0.25) is 0 Å². The van der Waals surface area contributed by atoms with Gasteiger partial charge < -0.3 is 5.73 Å². The molecule has 0 amide bonds. The second-order valence-electron chi connectivity index (χ2n) is 1.91. The van der Waals surface area contributed by atoms with Crippen molar-refractivity contribution in [3.05, 3.63) is 29.8 Å². The Morgan fingerprint density at radius 3 is 1.75 bits per heavy atom. The van der Waals surface area contributed by atoms with Gasteiger partial charge in [0.2, 0.25) is 0 Å². The highest BCUT2D eigenvalue weighted by Crippen LogP contribution is 2.03. The van der Waals surface area contributed by atoms with Crippen LogP contribution in [-0.4, -0.2) is 0 Å². The van der Waals surface area contributed by atoms with Gasteiger partial charge in [-0.25, -0.2) is 0 Å². The van der Waals surface area contributed by atoms with Crippen LogP contribution in [0.25, 0.3) is 0 Å². The largest absolute Gasteiger partial charge is 0.399 e. The van der Waals surface area contributed by atoms with Crippen LogP contribution in [-0.2, 0) is 0 Å². The summed E-state index contributed by atoms with van der Waals surface area (Å²) < 4.78 is 0. The van der Waals surface area contributed by atoms with Gasteiger partial charge in [-0.1, -0.05) is 39.8 Å². The zero-order chi connectivity index (χ0) is 9.98. The Balaban J connectivity index is 0. The predicted molar refractivity (Wildman–Crippen MR) is 58.3 cm³/mol. The normalized spacial score (nSPS) is 7.08. The second kappa shape index (κ2) is 10.0. The fraction of sp³-hybridized carbons (Fsp3) is 0.455. The average Bonchev–Trinajstić information content (AvgIpc) is 2.11. The fourth-order valence-electron chi connectivity index (χ4n) is 0.670. The monoisotopic (exact) mass is 167 g/mol. The highest BCUT2D eigenvalue weighted by Gasteiger charge is 1.81. The number of nitrogens with two attached hydrogens (primary N) is 1. The van der Waals surface area contributed by atoms with Gasteiger partial charge in [0.1, 0.15) is 0 Å². The maximum Gasteiger partial charge on any atom is 0.0316 e. The zero-order valence-corrected chi connectivity index (χ0v) is 8.89. The van der Waals surface area contributed by atoms with Crippen LogP contribution in [0, 0.1) is 6.92 Å². The van der Waals surface area contributed by atoms with Crippen molar-refractivity contribution in [1.82, 2.24) is 0 Å². The molecule has 1 nitrogen and oxygen atoms in total. The van der Waals surface area contributed by atoms with Gasteiger partial charge in [0, 0.05) is 5.69 Å². The lowest BCUT2D eigenvalue weighted by molar-refractivity contribution is 1.47. The van der Waals surface area contributed by atoms with Crippen molar-refractivity contribution in [2.75, 3.05) is 5.73 Å². The first kappa shape index (κ1) is 13.6. The molecule has 0 radical (unpaired) electrons. The molecule has 2 N–H and O–H groups in total. The van der Waals surface area contributed by atoms with Crippen molar-refractivity contribution in [3.8, 4) is 0 Å². The van der Waals surface area contributed by atoms with E-state index in [0.717, 1.165) is 5.69 Å². The van der Waals surface area contributed by atoms with Gasteiger partial charge in [-0.2, -0.15) is 0 Å². The molecule has 0 saturated carbocycles. The minimum absolute atomic E-state index is 0.838. The summed E-state index contributed by atoms with van der Waals surface area (Å²) in [6.07, 6.45) is 0. The standard InChI is InChI=1S/C7H9N.2C2H6/c1-6-3-2-4-7(8)5-6;2*1-2/h2-5H,8H2,1H3;2*1-2H3. The van der Waals surface area contributed by atoms with Crippen molar-refractivity contribution in [2.45, 2.75) is 34.6 Å². The van der Waals surface area contributed by atoms with Crippen LogP contribution >= 0.6 is 0 Å². The summed E-state index contributed by atoms with van der Waals surface area (Å²) in [6.45, 7) is 10.0. The van der Waals surface area contributed by atoms with Gasteiger partial charge in [-0.05, 0) is 24.6 Å². The van der Waals surface area contributed by atoms with Crippen molar-refractivity contribution in [1.29, 1.82) is 0 Å². The Labute approximate surface area is 76.6 Å². The molecule has 0 aromatic heterocycles. The van der Waals surface area contributed by atoms with E-state index in [1.165, 1.54) is 5.56 Å². The van der Waals surface area contributed by atoms with Gasteiger partial charge >= 0.3 is 0 Å². The molecular formula is C11H21N. The Kier molecular flexibility index (Phi) is 11.4. The molecule has 0 aliphatic heterocycles. The van der Waals surface area contributed by atoms with E-state index in [9.17, 15) is 0 Å². The summed E-state index contributed by atoms with van der Waals surface area (Å²) in [4.78, 5) is 0. The predicted octanol–water partition coefficient (Wildman–Crippen LogP) is 3.63. The first-order valence-corrected chi connectivity index (χ1v) is 4.61. The molecule has 0 aliphatic carbocycles. The van der Waals surface area contributed by atoms with E-state index in [2.05, 4.69) is 0 Å². The van der Waals surface area contributed by atoms with Crippen molar-refractivity contribution >= 4 is 5.69 Å². The summed E-state index contributed by atoms with van der Waals surface area (Å²) in [5, 5.41) is 0. The fourth-order valence-corrected chi connectivity index (χ4v) is 0.670. The third-order valence-corrected chi connectivity index (χ3v) is 1.04. The number of nitrogen functional groups attached to an aromatic ring is 1. The Hall–Kier alpha value is -0.980. The molecule has 1 rings (SSSR count). The lowest BCUT2D eigenvalue weighted by atomic mass is 10.2. The lowest BCUT2D eigenvalue weighted by Gasteiger charge is -1.91. The maximum atomic E-state index is 5.46. The maximum absolute atomic E-state index is 5.46. The lowest BCUT2D eigenvalue weighted by Crippen LogP contribution is -1.82. The molecule has 1 heteroatoms. The van der Waals surface area contributed by atoms with E-state index in [-0.39, 0.29) is 0 Å². The van der Waals surface area contributed by atoms with E-state index >= 15 is 0 Å². The Morgan fingerprint density at radius 1 is 1.00 bits per heavy atom. The van der Waals surface area contributed by atoms with Crippen LogP contribution in [0.4, 0.5) is 5.69 Å². The minimum atomic E-state index is 0.838. The molecule has 0 unspecified atom stereocenters. The number of hydrogen-bond donors (Lipinski definition) is 1. The molecule has 1 aromatic rings. The van der Waals surface area contributed by atoms with Crippen LogP contribution in [0.3, 0.4) is 0 Å². The molecule has 0 spiro atoms. The van der Waals surface area contributed by atoms with Crippen LogP contribution in [0.15, 0.2) is 24.3 Å². The molecule has 0 saturated heterocycles. The highest BCUT2D eigenvalue weighted by molar-refractivity contribution is 5.39. The Morgan fingerprint density at radius 2 is 1.50 bits per heavy atom. The van der Waals surface area contributed by atoms with Gasteiger partial charge in [0.25, 0.3) is 0 Å². The quantitative estimate of drug-likeness (QED) is 0.587. The van der Waals surface area contributed by atoms with E-state index in [1.54, 1.807) is 0 Å². The molecular weight excluding hydrogens is 146 g/mol. The van der Waals surface area contributed by atoms with E-state index in [0.29, 0.717) is 0 Å². The molecule has 12 heavy (non-hydrogen) atoms. The zero-order valence-electron chi connectivity index (χ0n) is 8.89. The minimum Gasteiger partial charge on any atom is -0.399 e. The van der Waals surface area contributed by atoms with Crippen LogP contribution in [0.2, 0.25) is 0 Å². The van der Waals surface area contributed by atoms with Crippen LogP contribution in [0.1, 0.15) is 33.3 Å². The number of benzene rings is 1. The topological polar surface area (TPSA) is 26.0 Å². The second-order valence-corrected chi connectivity index (χ2v) is 1.91. The first-order valence-electron chi connectivity index (χ1n) is 4.61. The van der Waals surface area contributed by atoms with Crippen molar-refractivity contribution in [2.24, 2.45) is 0 Å². The summed E-state index contributed by atoms with van der Waals surface area (Å²) >= 11 is 0. The van der Waals surface area contributed by atoms with Crippen LogP contribution < -0.4 is 5.73 Å². The molecule has 70 valence electrons. The summed E-state index contributed by atoms with van der Waals surface area (Å²) in [5.74, 6) is 0. The summed E-state index contributed by atoms with van der Waals surface area (Å²) in [6, 6.07) is 7.80. The number of aryl methyl sites for hydroxylation is 1. The van der Waals surface area contributed by atoms with Gasteiger partial charge in [0.15, 0.2) is 0 Å². The van der Waals surface area contributed by atoms with E-state index < -0.39 is 0 Å². The molecule has 0 atom stereocenters. The first-order chi connectivity index (χ1) is 5.79. The van der Waals surface area contributed by atoms with Gasteiger partial charge in [-0.15, -0.1) is 0 Å². The third kappa shape index (κ3) is 7.13. The van der Waals surface area contributed by atoms with Crippen LogP contribution in [0.5, 0.6) is 0 Å².